The van der Waals surface area contributed by atoms with Crippen molar-refractivity contribution in [2.75, 3.05) is 30.3 Å². The number of benzene rings is 2. The van der Waals surface area contributed by atoms with Gasteiger partial charge < -0.3 is 19.7 Å². The molecule has 0 fully saturated rings. The zero-order valence-corrected chi connectivity index (χ0v) is 25.1. The normalized spacial score (nSPS) is 13.9. The first kappa shape index (κ1) is 30.8. The highest BCUT2D eigenvalue weighted by Gasteiger charge is 2.29. The summed E-state index contributed by atoms with van der Waals surface area (Å²) in [5.41, 5.74) is 0.563. The highest BCUT2D eigenvalue weighted by atomic mass is 35.5. The van der Waals surface area contributed by atoms with E-state index >= 15 is 0 Å². The fraction of sp³-hybridized carbons (Fsp3) is 0.481. The fourth-order valence-corrected chi connectivity index (χ4v) is 5.51. The van der Waals surface area contributed by atoms with E-state index in [9.17, 15) is 18.0 Å². The Labute approximate surface area is 240 Å². The van der Waals surface area contributed by atoms with Crippen molar-refractivity contribution in [3.63, 3.8) is 0 Å². The number of anilines is 1. The van der Waals surface area contributed by atoms with Crippen LogP contribution in [0.4, 0.5) is 5.69 Å². The number of fused-ring (bicyclic) bond motifs is 1. The molecule has 0 unspecified atom stereocenters. The van der Waals surface area contributed by atoms with Crippen molar-refractivity contribution >= 4 is 50.7 Å². The van der Waals surface area contributed by atoms with Crippen LogP contribution in [0.1, 0.15) is 46.1 Å². The van der Waals surface area contributed by atoms with E-state index in [2.05, 4.69) is 5.32 Å². The standard InChI is InChI=1S/C27H35Cl2N3O6S/c1-18(26(34)30-27(2,3)4)31(17-19-8-9-20(28)15-22(19)29)25(33)7-6-12-32(39(5,35)36)21-10-11-23-24(16-21)38-14-13-37-23/h8-11,15-16,18H,6-7,12-14,17H2,1-5H3,(H,30,34)/t18-/m0/s1. The number of nitrogens with zero attached hydrogens (tertiary/aromatic N) is 2. The van der Waals surface area contributed by atoms with Gasteiger partial charge in [0.2, 0.25) is 21.8 Å². The van der Waals surface area contributed by atoms with E-state index in [4.69, 9.17) is 32.7 Å². The lowest BCUT2D eigenvalue weighted by atomic mass is 10.1. The zero-order valence-electron chi connectivity index (χ0n) is 22.8. The molecule has 0 saturated carbocycles. The molecule has 2 aromatic carbocycles. The maximum absolute atomic E-state index is 13.5. The molecule has 12 heteroatoms. The molecule has 1 atom stereocenters. The lowest BCUT2D eigenvalue weighted by Crippen LogP contribution is -2.52. The fourth-order valence-electron chi connectivity index (χ4n) is 4.08. The average molecular weight is 601 g/mol. The van der Waals surface area contributed by atoms with Crippen LogP contribution in [0, 0.1) is 0 Å². The molecular weight excluding hydrogens is 565 g/mol. The molecule has 0 bridgehead atoms. The highest BCUT2D eigenvalue weighted by Crippen LogP contribution is 2.35. The van der Waals surface area contributed by atoms with Crippen LogP contribution in [0.5, 0.6) is 11.5 Å². The molecule has 3 rings (SSSR count). The molecule has 0 saturated heterocycles. The third-order valence-electron chi connectivity index (χ3n) is 5.99. The second kappa shape index (κ2) is 12.7. The first-order valence-electron chi connectivity index (χ1n) is 12.6. The van der Waals surface area contributed by atoms with Gasteiger partial charge in [0.25, 0.3) is 0 Å². The minimum Gasteiger partial charge on any atom is -0.486 e. The van der Waals surface area contributed by atoms with Gasteiger partial charge in [-0.3, -0.25) is 13.9 Å². The number of nitrogens with one attached hydrogen (secondary N) is 1. The van der Waals surface area contributed by atoms with E-state index in [0.717, 1.165) is 6.26 Å². The number of carbonyl (C=O) groups excluding carboxylic acids is 2. The summed E-state index contributed by atoms with van der Waals surface area (Å²) < 4.78 is 37.6. The van der Waals surface area contributed by atoms with E-state index in [1.807, 2.05) is 20.8 Å². The molecule has 0 aromatic heterocycles. The van der Waals surface area contributed by atoms with Gasteiger partial charge in [-0.2, -0.15) is 0 Å². The Morgan fingerprint density at radius 3 is 2.33 bits per heavy atom. The predicted molar refractivity (Wildman–Crippen MR) is 153 cm³/mol. The van der Waals surface area contributed by atoms with Crippen LogP contribution in [-0.4, -0.2) is 62.7 Å². The Morgan fingerprint density at radius 1 is 1.05 bits per heavy atom. The molecule has 2 amide bonds. The molecule has 214 valence electrons. The molecule has 1 aliphatic rings. The van der Waals surface area contributed by atoms with Crippen LogP contribution in [0.2, 0.25) is 10.0 Å². The van der Waals surface area contributed by atoms with E-state index in [1.165, 1.54) is 9.21 Å². The van der Waals surface area contributed by atoms with Crippen molar-refractivity contribution < 1.29 is 27.5 Å². The number of hydrogen-bond donors (Lipinski definition) is 1. The SMILES string of the molecule is C[C@@H](C(=O)NC(C)(C)C)N(Cc1ccc(Cl)cc1Cl)C(=O)CCCN(c1ccc2c(c1)OCCO2)S(C)(=O)=O. The van der Waals surface area contributed by atoms with Gasteiger partial charge in [0, 0.05) is 41.2 Å². The molecule has 0 spiro atoms. The van der Waals surface area contributed by atoms with Crippen LogP contribution in [0.3, 0.4) is 0 Å². The molecule has 1 heterocycles. The average Bonchev–Trinajstić information content (AvgIpc) is 2.83. The number of amides is 2. The summed E-state index contributed by atoms with van der Waals surface area (Å²) in [7, 11) is -3.65. The minimum absolute atomic E-state index is 0.00885. The molecule has 9 nitrogen and oxygen atoms in total. The second-order valence-electron chi connectivity index (χ2n) is 10.4. The first-order valence-corrected chi connectivity index (χ1v) is 15.2. The Bertz CT molecular complexity index is 1310. The number of rotatable bonds is 10. The van der Waals surface area contributed by atoms with Crippen molar-refractivity contribution in [3.05, 3.63) is 52.0 Å². The lowest BCUT2D eigenvalue weighted by molar-refractivity contribution is -0.141. The zero-order chi connectivity index (χ0) is 29.0. The molecule has 1 aliphatic heterocycles. The van der Waals surface area contributed by atoms with Gasteiger partial charge >= 0.3 is 0 Å². The largest absolute Gasteiger partial charge is 0.486 e. The summed E-state index contributed by atoms with van der Waals surface area (Å²) in [5, 5.41) is 3.75. The van der Waals surface area contributed by atoms with E-state index in [1.54, 1.807) is 43.3 Å². The van der Waals surface area contributed by atoms with E-state index in [0.29, 0.717) is 46.0 Å². The van der Waals surface area contributed by atoms with Crippen molar-refractivity contribution in [1.29, 1.82) is 0 Å². The first-order chi connectivity index (χ1) is 18.2. The van der Waals surface area contributed by atoms with Crippen LogP contribution in [-0.2, 0) is 26.2 Å². The van der Waals surface area contributed by atoms with E-state index < -0.39 is 21.6 Å². The van der Waals surface area contributed by atoms with Crippen molar-refractivity contribution in [3.8, 4) is 11.5 Å². The Morgan fingerprint density at radius 2 is 1.72 bits per heavy atom. The maximum atomic E-state index is 13.5. The molecule has 0 aliphatic carbocycles. The van der Waals surface area contributed by atoms with Gasteiger partial charge in [-0.25, -0.2) is 8.42 Å². The van der Waals surface area contributed by atoms with Gasteiger partial charge in [0.1, 0.15) is 19.3 Å². The Balaban J connectivity index is 1.77. The van der Waals surface area contributed by atoms with Gasteiger partial charge in [0.15, 0.2) is 11.5 Å². The summed E-state index contributed by atoms with van der Waals surface area (Å²) in [6, 6.07) is 9.09. The van der Waals surface area contributed by atoms with Crippen LogP contribution < -0.4 is 19.1 Å². The van der Waals surface area contributed by atoms with Gasteiger partial charge in [-0.15, -0.1) is 0 Å². The number of hydrogen-bond acceptors (Lipinski definition) is 6. The van der Waals surface area contributed by atoms with Gasteiger partial charge in [-0.1, -0.05) is 29.3 Å². The lowest BCUT2D eigenvalue weighted by Gasteiger charge is -2.32. The minimum atomic E-state index is -3.65. The second-order valence-corrected chi connectivity index (χ2v) is 13.2. The number of ether oxygens (including phenoxy) is 2. The smallest absolute Gasteiger partial charge is 0.242 e. The van der Waals surface area contributed by atoms with Crippen molar-refractivity contribution in [2.45, 2.75) is 58.7 Å². The Kier molecular flexibility index (Phi) is 10.0. The Hall–Kier alpha value is -2.69. The van der Waals surface area contributed by atoms with Gasteiger partial charge in [-0.05, 0) is 63.9 Å². The summed E-state index contributed by atoms with van der Waals surface area (Å²) in [5.74, 6) is 0.393. The highest BCUT2D eigenvalue weighted by molar-refractivity contribution is 7.92. The molecule has 39 heavy (non-hydrogen) atoms. The molecule has 2 aromatic rings. The third kappa shape index (κ3) is 8.65. The quantitative estimate of drug-likeness (QED) is 0.426. The van der Waals surface area contributed by atoms with Crippen LogP contribution in [0.25, 0.3) is 0 Å². The monoisotopic (exact) mass is 599 g/mol. The van der Waals surface area contributed by atoms with Gasteiger partial charge in [0.05, 0.1) is 11.9 Å². The number of sulfonamides is 1. The van der Waals surface area contributed by atoms with Crippen LogP contribution >= 0.6 is 23.2 Å². The summed E-state index contributed by atoms with van der Waals surface area (Å²) >= 11 is 12.4. The topological polar surface area (TPSA) is 105 Å². The number of carbonyl (C=O) groups is 2. The summed E-state index contributed by atoms with van der Waals surface area (Å²) in [6.45, 7) is 8.17. The molecule has 1 N–H and O–H groups in total. The molecule has 0 radical (unpaired) electrons. The summed E-state index contributed by atoms with van der Waals surface area (Å²) in [4.78, 5) is 27.9. The van der Waals surface area contributed by atoms with Crippen molar-refractivity contribution in [2.24, 2.45) is 0 Å². The third-order valence-corrected chi connectivity index (χ3v) is 7.77. The summed E-state index contributed by atoms with van der Waals surface area (Å²) in [6.07, 6.45) is 1.34. The van der Waals surface area contributed by atoms with Crippen molar-refractivity contribution in [1.82, 2.24) is 10.2 Å². The predicted octanol–water partition coefficient (Wildman–Crippen LogP) is 4.64. The van der Waals surface area contributed by atoms with E-state index in [-0.39, 0.29) is 37.7 Å². The van der Waals surface area contributed by atoms with Crippen LogP contribution in [0.15, 0.2) is 36.4 Å². The number of halogens is 2. The molecular formula is C27H35Cl2N3O6S. The maximum Gasteiger partial charge on any atom is 0.242 e.